The number of anilines is 1. The van der Waals surface area contributed by atoms with Crippen LogP contribution in [0.3, 0.4) is 0 Å². The number of hydrogen-bond donors (Lipinski definition) is 1. The first-order chi connectivity index (χ1) is 11.8. The number of hydrogen-bond acceptors (Lipinski definition) is 4. The van der Waals surface area contributed by atoms with Gasteiger partial charge in [0.2, 0.25) is 5.91 Å². The molecular formula is C18H21Cl2NO3S. The molecule has 136 valence electrons. The van der Waals surface area contributed by atoms with Crippen molar-refractivity contribution in [3.05, 3.63) is 26.6 Å². The molecule has 3 rings (SSSR count). The number of thiophene rings is 1. The van der Waals surface area contributed by atoms with Crippen LogP contribution in [0.4, 0.5) is 5.00 Å². The third kappa shape index (κ3) is 3.46. The molecule has 0 radical (unpaired) electrons. The van der Waals surface area contributed by atoms with E-state index in [-0.39, 0.29) is 33.6 Å². The van der Waals surface area contributed by atoms with Crippen molar-refractivity contribution in [2.45, 2.75) is 40.0 Å². The van der Waals surface area contributed by atoms with Gasteiger partial charge in [-0.15, -0.1) is 11.3 Å². The summed E-state index contributed by atoms with van der Waals surface area (Å²) >= 11 is 13.0. The Morgan fingerprint density at radius 2 is 2.08 bits per heavy atom. The molecule has 7 heteroatoms. The van der Waals surface area contributed by atoms with Crippen molar-refractivity contribution in [3.8, 4) is 0 Å². The van der Waals surface area contributed by atoms with E-state index in [1.54, 1.807) is 13.0 Å². The predicted molar refractivity (Wildman–Crippen MR) is 101 cm³/mol. The molecule has 1 saturated carbocycles. The maximum absolute atomic E-state index is 12.8. The summed E-state index contributed by atoms with van der Waals surface area (Å²) in [5.74, 6) is -0.679. The summed E-state index contributed by atoms with van der Waals surface area (Å²) in [4.78, 5) is 26.3. The molecular weight excluding hydrogens is 381 g/mol. The molecule has 2 aliphatic rings. The van der Waals surface area contributed by atoms with Gasteiger partial charge in [-0.25, -0.2) is 4.79 Å². The average molecular weight is 402 g/mol. The van der Waals surface area contributed by atoms with Crippen molar-refractivity contribution >= 4 is 51.4 Å². The highest BCUT2D eigenvalue weighted by atomic mass is 35.5. The van der Waals surface area contributed by atoms with Crippen molar-refractivity contribution < 1.29 is 14.3 Å². The Bertz CT molecular complexity index is 750. The molecule has 2 aliphatic carbocycles. The molecule has 0 aliphatic heterocycles. The summed E-state index contributed by atoms with van der Waals surface area (Å²) in [6.45, 7) is 6.11. The number of fused-ring (bicyclic) bond motifs is 1. The van der Waals surface area contributed by atoms with Crippen molar-refractivity contribution in [2.24, 2.45) is 17.3 Å². The standard InChI is InChI=1S/C18H21Cl2NO3S/c1-4-24-17(23)13-9-6-5-7-11(9)25-16(13)21-15(22)14-10(8-12(19)20)18(14,2)3/h8,10,14H,4-7H2,1-3H3,(H,21,22)/t10-,14+/m0/s1. The maximum atomic E-state index is 12.8. The third-order valence-electron chi connectivity index (χ3n) is 5.14. The lowest BCUT2D eigenvalue weighted by atomic mass is 10.1. The molecule has 0 bridgehead atoms. The van der Waals surface area contributed by atoms with E-state index in [1.165, 1.54) is 16.2 Å². The van der Waals surface area contributed by atoms with Gasteiger partial charge in [-0.05, 0) is 49.2 Å². The highest BCUT2D eigenvalue weighted by Crippen LogP contribution is 2.60. The zero-order valence-electron chi connectivity index (χ0n) is 14.4. The van der Waals surface area contributed by atoms with Gasteiger partial charge in [0, 0.05) is 4.88 Å². The lowest BCUT2D eigenvalue weighted by Gasteiger charge is -2.08. The van der Waals surface area contributed by atoms with Gasteiger partial charge in [-0.1, -0.05) is 37.0 Å². The van der Waals surface area contributed by atoms with Crippen LogP contribution in [-0.4, -0.2) is 18.5 Å². The molecule has 0 aromatic carbocycles. The number of ether oxygens (including phenoxy) is 1. The molecule has 1 N–H and O–H groups in total. The number of allylic oxidation sites excluding steroid dienone is 1. The van der Waals surface area contributed by atoms with Crippen LogP contribution >= 0.6 is 34.5 Å². The quantitative estimate of drug-likeness (QED) is 0.710. The second-order valence-corrected chi connectivity index (χ2v) is 9.17. The van der Waals surface area contributed by atoms with E-state index in [9.17, 15) is 9.59 Å². The van der Waals surface area contributed by atoms with E-state index in [1.807, 2.05) is 13.8 Å². The van der Waals surface area contributed by atoms with Gasteiger partial charge in [-0.2, -0.15) is 0 Å². The predicted octanol–water partition coefficient (Wildman–Crippen LogP) is 4.94. The van der Waals surface area contributed by atoms with Crippen LogP contribution in [0.25, 0.3) is 0 Å². The molecule has 1 heterocycles. The van der Waals surface area contributed by atoms with Gasteiger partial charge in [0.15, 0.2) is 0 Å². The fourth-order valence-corrected chi connectivity index (χ4v) is 5.28. The lowest BCUT2D eigenvalue weighted by molar-refractivity contribution is -0.118. The van der Waals surface area contributed by atoms with Gasteiger partial charge >= 0.3 is 5.97 Å². The van der Waals surface area contributed by atoms with Crippen LogP contribution < -0.4 is 5.32 Å². The van der Waals surface area contributed by atoms with Crippen molar-refractivity contribution in [2.75, 3.05) is 11.9 Å². The van der Waals surface area contributed by atoms with Crippen molar-refractivity contribution in [1.82, 2.24) is 0 Å². The fourth-order valence-electron chi connectivity index (χ4n) is 3.73. The van der Waals surface area contributed by atoms with E-state index >= 15 is 0 Å². The van der Waals surface area contributed by atoms with Gasteiger partial charge in [0.05, 0.1) is 18.1 Å². The molecule has 2 atom stereocenters. The van der Waals surface area contributed by atoms with Crippen LogP contribution in [0.1, 0.15) is 48.0 Å². The molecule has 0 saturated heterocycles. The first-order valence-corrected chi connectivity index (χ1v) is 10.00. The van der Waals surface area contributed by atoms with Gasteiger partial charge in [-0.3, -0.25) is 4.79 Å². The molecule has 0 spiro atoms. The normalized spacial score (nSPS) is 22.9. The Labute approximate surface area is 161 Å². The fraction of sp³-hybridized carbons (Fsp3) is 0.556. The maximum Gasteiger partial charge on any atom is 0.341 e. The zero-order valence-corrected chi connectivity index (χ0v) is 16.8. The Morgan fingerprint density at radius 3 is 2.72 bits per heavy atom. The van der Waals surface area contributed by atoms with Crippen LogP contribution in [0.15, 0.2) is 10.6 Å². The molecule has 1 aromatic heterocycles. The zero-order chi connectivity index (χ0) is 18.4. The molecule has 0 unspecified atom stereocenters. The van der Waals surface area contributed by atoms with Crippen LogP contribution in [0.2, 0.25) is 0 Å². The minimum atomic E-state index is -0.354. The first kappa shape index (κ1) is 18.7. The number of carbonyl (C=O) groups is 2. The minimum Gasteiger partial charge on any atom is -0.462 e. The van der Waals surface area contributed by atoms with Crippen LogP contribution in [0, 0.1) is 17.3 Å². The molecule has 1 amide bonds. The second kappa shape index (κ2) is 6.93. The molecule has 4 nitrogen and oxygen atoms in total. The summed E-state index contributed by atoms with van der Waals surface area (Å²) in [6, 6.07) is 0. The Hall–Kier alpha value is -1.04. The highest BCUT2D eigenvalue weighted by Gasteiger charge is 2.60. The summed E-state index contributed by atoms with van der Waals surface area (Å²) in [6.07, 6.45) is 4.56. The number of amides is 1. The number of carbonyl (C=O) groups excluding carboxylic acids is 2. The number of rotatable bonds is 5. The van der Waals surface area contributed by atoms with Gasteiger partial charge in [0.25, 0.3) is 0 Å². The summed E-state index contributed by atoms with van der Waals surface area (Å²) in [5, 5.41) is 3.57. The Balaban J connectivity index is 1.83. The summed E-state index contributed by atoms with van der Waals surface area (Å²) in [5.41, 5.74) is 1.37. The topological polar surface area (TPSA) is 55.4 Å². The Morgan fingerprint density at radius 1 is 1.36 bits per heavy atom. The van der Waals surface area contributed by atoms with Crippen LogP contribution in [-0.2, 0) is 22.4 Å². The minimum absolute atomic E-state index is 0.00430. The first-order valence-electron chi connectivity index (χ1n) is 8.42. The highest BCUT2D eigenvalue weighted by molar-refractivity contribution is 7.17. The third-order valence-corrected chi connectivity index (χ3v) is 6.60. The van der Waals surface area contributed by atoms with E-state index in [2.05, 4.69) is 5.32 Å². The summed E-state index contributed by atoms with van der Waals surface area (Å²) < 4.78 is 5.37. The summed E-state index contributed by atoms with van der Waals surface area (Å²) in [7, 11) is 0. The van der Waals surface area contributed by atoms with Crippen molar-refractivity contribution in [1.29, 1.82) is 0 Å². The second-order valence-electron chi connectivity index (χ2n) is 7.05. The van der Waals surface area contributed by atoms with Crippen molar-refractivity contribution in [3.63, 3.8) is 0 Å². The van der Waals surface area contributed by atoms with Crippen LogP contribution in [0.5, 0.6) is 0 Å². The van der Waals surface area contributed by atoms with E-state index in [0.29, 0.717) is 17.2 Å². The molecule has 1 fully saturated rings. The molecule has 25 heavy (non-hydrogen) atoms. The number of nitrogens with one attached hydrogen (secondary N) is 1. The average Bonchev–Trinajstić information content (AvgIpc) is 2.82. The van der Waals surface area contributed by atoms with E-state index in [0.717, 1.165) is 24.8 Å². The lowest BCUT2D eigenvalue weighted by Crippen LogP contribution is -2.18. The van der Waals surface area contributed by atoms with E-state index in [4.69, 9.17) is 27.9 Å². The number of aryl methyl sites for hydroxylation is 1. The van der Waals surface area contributed by atoms with E-state index < -0.39 is 0 Å². The number of halogens is 2. The monoisotopic (exact) mass is 401 g/mol. The number of esters is 1. The van der Waals surface area contributed by atoms with Gasteiger partial charge < -0.3 is 10.1 Å². The smallest absolute Gasteiger partial charge is 0.341 e. The van der Waals surface area contributed by atoms with Gasteiger partial charge in [0.1, 0.15) is 9.49 Å². The SMILES string of the molecule is CCOC(=O)c1c(NC(=O)[C@H]2[C@H](C=C(Cl)Cl)C2(C)C)sc2c1CCC2. The molecule has 1 aromatic rings. The Kier molecular flexibility index (Phi) is 5.20. The largest absolute Gasteiger partial charge is 0.462 e.